The van der Waals surface area contributed by atoms with E-state index in [1.807, 2.05) is 6.92 Å². The number of aryl methyl sites for hydroxylation is 1. The average Bonchev–Trinajstić information content (AvgIpc) is 3.06. The molecule has 3 rings (SSSR count). The normalized spacial score (nSPS) is 9.87. The second-order valence-electron chi connectivity index (χ2n) is 9.61. The SMILES string of the molecule is C=CC.C=CC(=O)OCCCCOc1ccc(C(=O)Oc2ccc(OC(=O)c3ccc(OCCCCOC=O)cc3)c(C)c2)cc1. The minimum absolute atomic E-state index is 0.301. The molecule has 0 fully saturated rings. The molecule has 46 heavy (non-hydrogen) atoms. The largest absolute Gasteiger partial charge is 0.494 e. The van der Waals surface area contributed by atoms with E-state index in [0.717, 1.165) is 12.5 Å². The van der Waals surface area contributed by atoms with E-state index >= 15 is 0 Å². The van der Waals surface area contributed by atoms with Crippen LogP contribution in [0, 0.1) is 6.92 Å². The number of ether oxygens (including phenoxy) is 6. The zero-order valence-electron chi connectivity index (χ0n) is 26.2. The van der Waals surface area contributed by atoms with Crippen molar-refractivity contribution in [3.63, 3.8) is 0 Å². The minimum atomic E-state index is -0.545. The molecular formula is C36H40O10. The van der Waals surface area contributed by atoms with Gasteiger partial charge in [0.2, 0.25) is 0 Å². The first-order valence-corrected chi connectivity index (χ1v) is 14.7. The minimum Gasteiger partial charge on any atom is -0.494 e. The maximum atomic E-state index is 12.6. The van der Waals surface area contributed by atoms with Crippen molar-refractivity contribution in [2.24, 2.45) is 0 Å². The fourth-order valence-corrected chi connectivity index (χ4v) is 3.65. The third-order valence-corrected chi connectivity index (χ3v) is 5.95. The van der Waals surface area contributed by atoms with E-state index in [4.69, 9.17) is 23.7 Å². The Kier molecular flexibility index (Phi) is 17.1. The molecule has 0 saturated carbocycles. The Bertz CT molecular complexity index is 1410. The van der Waals surface area contributed by atoms with Crippen molar-refractivity contribution in [3.05, 3.63) is 109 Å². The third kappa shape index (κ3) is 13.9. The van der Waals surface area contributed by atoms with E-state index < -0.39 is 17.9 Å². The van der Waals surface area contributed by atoms with Crippen LogP contribution < -0.4 is 18.9 Å². The Morgan fingerprint density at radius 3 is 1.65 bits per heavy atom. The van der Waals surface area contributed by atoms with Crippen LogP contribution in [-0.4, -0.2) is 50.8 Å². The fraction of sp³-hybridized carbons (Fsp3) is 0.278. The molecule has 10 nitrogen and oxygen atoms in total. The maximum Gasteiger partial charge on any atom is 0.343 e. The lowest BCUT2D eigenvalue weighted by atomic mass is 10.2. The molecule has 10 heteroatoms. The first-order chi connectivity index (χ1) is 22.3. The molecule has 0 heterocycles. The Morgan fingerprint density at radius 1 is 0.674 bits per heavy atom. The number of carbonyl (C=O) groups excluding carboxylic acids is 4. The summed E-state index contributed by atoms with van der Waals surface area (Å²) in [6.07, 6.45) is 5.65. The van der Waals surface area contributed by atoms with E-state index in [2.05, 4.69) is 17.9 Å². The monoisotopic (exact) mass is 632 g/mol. The third-order valence-electron chi connectivity index (χ3n) is 5.95. The topological polar surface area (TPSA) is 124 Å². The molecular weight excluding hydrogens is 592 g/mol. The Balaban J connectivity index is 0.00000236. The second-order valence-corrected chi connectivity index (χ2v) is 9.61. The van der Waals surface area contributed by atoms with Crippen LogP contribution in [0.1, 0.15) is 58.9 Å². The molecule has 0 spiro atoms. The van der Waals surface area contributed by atoms with Gasteiger partial charge in [-0.3, -0.25) is 4.79 Å². The van der Waals surface area contributed by atoms with Gasteiger partial charge in [0.25, 0.3) is 6.47 Å². The molecule has 0 bridgehead atoms. The number of hydrogen-bond donors (Lipinski definition) is 0. The highest BCUT2D eigenvalue weighted by atomic mass is 16.5. The van der Waals surface area contributed by atoms with Gasteiger partial charge in [-0.05, 0) is 112 Å². The van der Waals surface area contributed by atoms with Gasteiger partial charge in [-0.2, -0.15) is 0 Å². The Labute approximate surface area is 269 Å². The van der Waals surface area contributed by atoms with E-state index in [9.17, 15) is 19.2 Å². The Morgan fingerprint density at radius 2 is 1.15 bits per heavy atom. The van der Waals surface area contributed by atoms with Gasteiger partial charge in [-0.15, -0.1) is 6.58 Å². The summed E-state index contributed by atoms with van der Waals surface area (Å²) < 4.78 is 31.8. The molecule has 3 aromatic carbocycles. The highest BCUT2D eigenvalue weighted by molar-refractivity contribution is 5.92. The fourth-order valence-electron chi connectivity index (χ4n) is 3.65. The molecule has 0 radical (unpaired) electrons. The van der Waals surface area contributed by atoms with Gasteiger partial charge < -0.3 is 28.4 Å². The van der Waals surface area contributed by atoms with Crippen molar-refractivity contribution in [1.29, 1.82) is 0 Å². The van der Waals surface area contributed by atoms with Crippen molar-refractivity contribution in [3.8, 4) is 23.0 Å². The summed E-state index contributed by atoms with van der Waals surface area (Å²) >= 11 is 0. The zero-order chi connectivity index (χ0) is 33.6. The van der Waals surface area contributed by atoms with Crippen molar-refractivity contribution in [2.75, 3.05) is 26.4 Å². The molecule has 0 saturated heterocycles. The predicted molar refractivity (Wildman–Crippen MR) is 172 cm³/mol. The van der Waals surface area contributed by atoms with Gasteiger partial charge in [-0.25, -0.2) is 14.4 Å². The predicted octanol–water partition coefficient (Wildman–Crippen LogP) is 6.85. The van der Waals surface area contributed by atoms with Crippen LogP contribution in [0.2, 0.25) is 0 Å². The van der Waals surface area contributed by atoms with Gasteiger partial charge in [0.05, 0.1) is 37.6 Å². The molecule has 0 aliphatic heterocycles. The number of carbonyl (C=O) groups is 4. The van der Waals surface area contributed by atoms with Crippen molar-refractivity contribution >= 4 is 24.4 Å². The summed E-state index contributed by atoms with van der Waals surface area (Å²) in [5.41, 5.74) is 1.31. The highest BCUT2D eigenvalue weighted by Gasteiger charge is 2.14. The van der Waals surface area contributed by atoms with Gasteiger partial charge >= 0.3 is 17.9 Å². The highest BCUT2D eigenvalue weighted by Crippen LogP contribution is 2.26. The summed E-state index contributed by atoms with van der Waals surface area (Å²) in [4.78, 5) is 46.4. The molecule has 0 unspecified atom stereocenters. The number of allylic oxidation sites excluding steroid dienone is 1. The van der Waals surface area contributed by atoms with Gasteiger partial charge in [0.1, 0.15) is 23.0 Å². The van der Waals surface area contributed by atoms with Crippen LogP contribution in [0.5, 0.6) is 23.0 Å². The quantitative estimate of drug-likeness (QED) is 0.0367. The lowest BCUT2D eigenvalue weighted by molar-refractivity contribution is -0.137. The number of rotatable bonds is 18. The lowest BCUT2D eigenvalue weighted by Gasteiger charge is -2.11. The average molecular weight is 633 g/mol. The number of hydrogen-bond acceptors (Lipinski definition) is 10. The van der Waals surface area contributed by atoms with E-state index in [1.165, 1.54) is 0 Å². The van der Waals surface area contributed by atoms with Crippen LogP contribution in [0.25, 0.3) is 0 Å². The standard InChI is InChI=1S/C33H34O10.C3H6/c1-3-31(35)41-21-7-6-20-40-27-12-8-25(9-13-27)32(36)42-29-16-17-30(24(2)22-29)43-33(37)26-10-14-28(15-11-26)39-19-5-4-18-38-23-34;1-3-2/h3,8-17,22-23H,1,4-7,18-21H2,2H3;3H,1H2,2H3. The van der Waals surface area contributed by atoms with Crippen LogP contribution in [0.15, 0.2) is 92.0 Å². The first-order valence-electron chi connectivity index (χ1n) is 14.7. The maximum absolute atomic E-state index is 12.6. The van der Waals surface area contributed by atoms with Crippen molar-refractivity contribution < 1.29 is 47.6 Å². The van der Waals surface area contributed by atoms with Crippen LogP contribution in [-0.2, 0) is 19.1 Å². The summed E-state index contributed by atoms with van der Waals surface area (Å²) in [6, 6.07) is 17.9. The van der Waals surface area contributed by atoms with E-state index in [0.29, 0.717) is 91.9 Å². The van der Waals surface area contributed by atoms with Crippen molar-refractivity contribution in [2.45, 2.75) is 39.5 Å². The van der Waals surface area contributed by atoms with Crippen molar-refractivity contribution in [1.82, 2.24) is 0 Å². The molecule has 0 aliphatic carbocycles. The van der Waals surface area contributed by atoms with Crippen LogP contribution in [0.4, 0.5) is 0 Å². The molecule has 0 aliphatic rings. The summed E-state index contributed by atoms with van der Waals surface area (Å²) in [5, 5.41) is 0. The second kappa shape index (κ2) is 21.3. The molecule has 0 atom stereocenters. The number of esters is 3. The first kappa shape index (κ1) is 36.8. The zero-order valence-corrected chi connectivity index (χ0v) is 26.2. The van der Waals surface area contributed by atoms with Gasteiger partial charge in [-0.1, -0.05) is 12.7 Å². The number of benzene rings is 3. The van der Waals surface area contributed by atoms with Crippen LogP contribution >= 0.6 is 0 Å². The van der Waals surface area contributed by atoms with E-state index in [-0.39, 0.29) is 0 Å². The van der Waals surface area contributed by atoms with Gasteiger partial charge in [0.15, 0.2) is 0 Å². The molecule has 3 aromatic rings. The number of unbranched alkanes of at least 4 members (excludes halogenated alkanes) is 2. The Hall–Kier alpha value is -5.38. The van der Waals surface area contributed by atoms with E-state index in [1.54, 1.807) is 79.7 Å². The van der Waals surface area contributed by atoms with Crippen LogP contribution in [0.3, 0.4) is 0 Å². The summed E-state index contributed by atoms with van der Waals surface area (Å²) in [7, 11) is 0. The smallest absolute Gasteiger partial charge is 0.343 e. The molecule has 0 N–H and O–H groups in total. The van der Waals surface area contributed by atoms with Gasteiger partial charge in [0, 0.05) is 6.08 Å². The molecule has 244 valence electrons. The molecule has 0 aromatic heterocycles. The molecule has 0 amide bonds. The summed E-state index contributed by atoms with van der Waals surface area (Å²) in [5.74, 6) is 0.317. The lowest BCUT2D eigenvalue weighted by Crippen LogP contribution is -2.11. The summed E-state index contributed by atoms with van der Waals surface area (Å²) in [6.45, 7) is 12.3.